The van der Waals surface area contributed by atoms with Gasteiger partial charge in [0.15, 0.2) is 5.58 Å². The molecule has 0 radical (unpaired) electrons. The molecule has 0 atom stereocenters. The number of nitrogens with zero attached hydrogens (tertiary/aromatic N) is 2. The lowest BCUT2D eigenvalue weighted by atomic mass is 9.93. The van der Waals surface area contributed by atoms with E-state index in [2.05, 4.69) is 144 Å². The number of para-hydroxylation sites is 1. The number of benzene rings is 7. The van der Waals surface area contributed by atoms with Crippen molar-refractivity contribution in [2.45, 2.75) is 0 Å². The second-order valence-electron chi connectivity index (χ2n) is 11.6. The predicted molar refractivity (Wildman–Crippen MR) is 192 cm³/mol. The summed E-state index contributed by atoms with van der Waals surface area (Å²) in [5.74, 6) is 0.829. The zero-order valence-electron chi connectivity index (χ0n) is 25.0. The summed E-state index contributed by atoms with van der Waals surface area (Å²) < 4.78 is 6.11. The maximum atomic E-state index is 6.11. The van der Waals surface area contributed by atoms with E-state index in [1.165, 1.54) is 43.8 Å². The molecule has 0 aliphatic rings. The lowest BCUT2D eigenvalue weighted by Crippen LogP contribution is -2.11. The lowest BCUT2D eigenvalue weighted by molar-refractivity contribution is 0.667. The van der Waals surface area contributed by atoms with Gasteiger partial charge in [0.2, 0.25) is 0 Å². The van der Waals surface area contributed by atoms with Crippen LogP contribution < -0.4 is 4.90 Å². The van der Waals surface area contributed by atoms with Gasteiger partial charge in [-0.1, -0.05) is 121 Å². The zero-order chi connectivity index (χ0) is 30.5. The normalized spacial score (nSPS) is 11.5. The van der Waals surface area contributed by atoms with Crippen LogP contribution in [0.15, 0.2) is 174 Å². The Hall–Kier alpha value is -6.19. The van der Waals surface area contributed by atoms with E-state index in [0.29, 0.717) is 0 Å². The Balaban J connectivity index is 1.18. The van der Waals surface area contributed by atoms with E-state index in [0.717, 1.165) is 39.1 Å². The van der Waals surface area contributed by atoms with Gasteiger partial charge in [-0.15, -0.1) is 0 Å². The monoisotopic (exact) mass is 588 g/mol. The molecule has 0 amide bonds. The zero-order valence-corrected chi connectivity index (χ0v) is 25.0. The minimum atomic E-state index is 0.780. The molecule has 0 saturated carbocycles. The number of rotatable bonds is 5. The Kier molecular flexibility index (Phi) is 6.14. The van der Waals surface area contributed by atoms with Crippen molar-refractivity contribution in [1.29, 1.82) is 0 Å². The van der Waals surface area contributed by atoms with Gasteiger partial charge in [0.1, 0.15) is 11.4 Å². The van der Waals surface area contributed by atoms with E-state index < -0.39 is 0 Å². The third-order valence-electron chi connectivity index (χ3n) is 8.92. The molecule has 216 valence electrons. The summed E-state index contributed by atoms with van der Waals surface area (Å²) in [6, 6.07) is 57.9. The number of hydrogen-bond donors (Lipinski definition) is 0. The molecule has 3 heteroatoms. The molecule has 9 rings (SSSR count). The first-order valence-electron chi connectivity index (χ1n) is 15.5. The molecular weight excluding hydrogens is 560 g/mol. The van der Waals surface area contributed by atoms with E-state index in [-0.39, 0.29) is 0 Å². The minimum Gasteiger partial charge on any atom is -0.454 e. The SMILES string of the molecule is c1ccc(-c2ccc(N(c3ccc(-c4cc5ccccc5c5ccccc45)cc3)c3cc4c(cn3)oc3ccccc34)cc2)cc1. The first kappa shape index (κ1) is 26.2. The van der Waals surface area contributed by atoms with E-state index in [1.54, 1.807) is 0 Å². The molecule has 9 aromatic rings. The van der Waals surface area contributed by atoms with Gasteiger partial charge in [-0.25, -0.2) is 4.98 Å². The molecule has 0 saturated heterocycles. The van der Waals surface area contributed by atoms with Gasteiger partial charge >= 0.3 is 0 Å². The maximum Gasteiger partial charge on any atom is 0.153 e. The Bertz CT molecular complexity index is 2510. The van der Waals surface area contributed by atoms with Gasteiger partial charge in [-0.3, -0.25) is 4.90 Å². The smallest absolute Gasteiger partial charge is 0.153 e. The highest BCUT2D eigenvalue weighted by Gasteiger charge is 2.18. The third-order valence-corrected chi connectivity index (χ3v) is 8.92. The van der Waals surface area contributed by atoms with Gasteiger partial charge in [-0.05, 0) is 86.3 Å². The first-order chi connectivity index (χ1) is 22.8. The van der Waals surface area contributed by atoms with Crippen LogP contribution in [0.5, 0.6) is 0 Å². The number of furan rings is 1. The van der Waals surface area contributed by atoms with Crippen LogP contribution in [0.2, 0.25) is 0 Å². The highest BCUT2D eigenvalue weighted by molar-refractivity contribution is 6.13. The van der Waals surface area contributed by atoms with Crippen molar-refractivity contribution in [2.24, 2.45) is 0 Å². The third kappa shape index (κ3) is 4.41. The Labute approximate surface area is 266 Å². The van der Waals surface area contributed by atoms with Gasteiger partial charge in [0, 0.05) is 22.1 Å². The molecule has 0 N–H and O–H groups in total. The summed E-state index contributed by atoms with van der Waals surface area (Å²) >= 11 is 0. The van der Waals surface area contributed by atoms with Gasteiger partial charge in [-0.2, -0.15) is 0 Å². The molecule has 46 heavy (non-hydrogen) atoms. The Morgan fingerprint density at radius 1 is 0.413 bits per heavy atom. The van der Waals surface area contributed by atoms with Crippen LogP contribution in [0.1, 0.15) is 0 Å². The summed E-state index contributed by atoms with van der Waals surface area (Å²) in [7, 11) is 0. The van der Waals surface area contributed by atoms with Crippen LogP contribution in [-0.2, 0) is 0 Å². The van der Waals surface area contributed by atoms with E-state index in [1.807, 2.05) is 30.5 Å². The van der Waals surface area contributed by atoms with Crippen molar-refractivity contribution in [3.8, 4) is 22.3 Å². The average Bonchev–Trinajstić information content (AvgIpc) is 3.51. The number of aromatic nitrogens is 1. The van der Waals surface area contributed by atoms with Gasteiger partial charge in [0.25, 0.3) is 0 Å². The van der Waals surface area contributed by atoms with Gasteiger partial charge < -0.3 is 4.42 Å². The molecule has 2 heterocycles. The fourth-order valence-corrected chi connectivity index (χ4v) is 6.67. The number of fused-ring (bicyclic) bond motifs is 6. The molecule has 0 spiro atoms. The maximum absolute atomic E-state index is 6.11. The summed E-state index contributed by atoms with van der Waals surface area (Å²) in [5.41, 5.74) is 8.47. The standard InChI is InChI=1S/C43H28N2O/c1-2-10-29(11-3-1)30-18-22-33(23-19-30)45(43-27-40-38-16-8-9-17-41(38)46-42(40)28-44-43)34-24-20-31(21-25-34)39-26-32-12-4-5-13-35(32)36-14-6-7-15-37(36)39/h1-28H. The Morgan fingerprint density at radius 2 is 1.00 bits per heavy atom. The topological polar surface area (TPSA) is 29.3 Å². The quantitative estimate of drug-likeness (QED) is 0.187. The van der Waals surface area contributed by atoms with Crippen molar-refractivity contribution in [2.75, 3.05) is 4.90 Å². The molecule has 0 unspecified atom stereocenters. The summed E-state index contributed by atoms with van der Waals surface area (Å²) in [4.78, 5) is 7.14. The van der Waals surface area contributed by atoms with Crippen LogP contribution in [0.25, 0.3) is 65.7 Å². The number of pyridine rings is 1. The van der Waals surface area contributed by atoms with E-state index in [9.17, 15) is 0 Å². The van der Waals surface area contributed by atoms with Crippen LogP contribution in [-0.4, -0.2) is 4.98 Å². The molecular formula is C43H28N2O. The highest BCUT2D eigenvalue weighted by Crippen LogP contribution is 2.40. The molecule has 0 fully saturated rings. The van der Waals surface area contributed by atoms with Crippen LogP contribution in [0.4, 0.5) is 17.2 Å². The van der Waals surface area contributed by atoms with Crippen molar-refractivity contribution < 1.29 is 4.42 Å². The van der Waals surface area contributed by atoms with Gasteiger partial charge in [0.05, 0.1) is 6.20 Å². The first-order valence-corrected chi connectivity index (χ1v) is 15.5. The van der Waals surface area contributed by atoms with E-state index >= 15 is 0 Å². The molecule has 7 aromatic carbocycles. The van der Waals surface area contributed by atoms with Crippen LogP contribution >= 0.6 is 0 Å². The van der Waals surface area contributed by atoms with Crippen molar-refractivity contribution >= 4 is 60.7 Å². The lowest BCUT2D eigenvalue weighted by Gasteiger charge is -2.25. The molecule has 0 aliphatic carbocycles. The minimum absolute atomic E-state index is 0.780. The van der Waals surface area contributed by atoms with Crippen molar-refractivity contribution in [3.63, 3.8) is 0 Å². The van der Waals surface area contributed by atoms with Crippen LogP contribution in [0, 0.1) is 0 Å². The van der Waals surface area contributed by atoms with Crippen LogP contribution in [0.3, 0.4) is 0 Å². The van der Waals surface area contributed by atoms with Crippen molar-refractivity contribution in [3.05, 3.63) is 170 Å². The fraction of sp³-hybridized carbons (Fsp3) is 0. The fourth-order valence-electron chi connectivity index (χ4n) is 6.67. The average molecular weight is 589 g/mol. The summed E-state index contributed by atoms with van der Waals surface area (Å²) in [6.45, 7) is 0. The highest BCUT2D eigenvalue weighted by atomic mass is 16.3. The van der Waals surface area contributed by atoms with E-state index in [4.69, 9.17) is 9.40 Å². The second-order valence-corrected chi connectivity index (χ2v) is 11.6. The largest absolute Gasteiger partial charge is 0.454 e. The predicted octanol–water partition coefficient (Wildman–Crippen LogP) is 12.1. The molecule has 0 aliphatic heterocycles. The summed E-state index contributed by atoms with van der Waals surface area (Å²) in [6.07, 6.45) is 1.84. The molecule has 3 nitrogen and oxygen atoms in total. The number of anilines is 3. The summed E-state index contributed by atoms with van der Waals surface area (Å²) in [5, 5.41) is 7.16. The number of hydrogen-bond acceptors (Lipinski definition) is 3. The molecule has 2 aromatic heterocycles. The Morgan fingerprint density at radius 3 is 1.76 bits per heavy atom. The second kappa shape index (κ2) is 10.8. The molecule has 0 bridgehead atoms. The van der Waals surface area contributed by atoms with Crippen molar-refractivity contribution in [1.82, 2.24) is 4.98 Å².